The molecule has 0 unspecified atom stereocenters. The van der Waals surface area contributed by atoms with Crippen molar-refractivity contribution < 1.29 is 14.3 Å². The standard InChI is InChI=1S/C24H21N3O4/c1-27-23(26-21-9-4-3-8-20(21)24(27)29)16-6-5-7-19(14-16)31-15-22(28)25-17-10-12-18(30-2)13-11-17/h3-14H,15H2,1-2H3,(H,25,28). The van der Waals surface area contributed by atoms with E-state index in [1.165, 1.54) is 4.57 Å². The van der Waals surface area contributed by atoms with Crippen molar-refractivity contribution in [3.8, 4) is 22.9 Å². The SMILES string of the molecule is COc1ccc(NC(=O)COc2cccc(-c3nc4ccccc4c(=O)n3C)c2)cc1. The summed E-state index contributed by atoms with van der Waals surface area (Å²) in [4.78, 5) is 29.5. The molecular formula is C24H21N3O4. The first-order valence-corrected chi connectivity index (χ1v) is 9.68. The molecular weight excluding hydrogens is 394 g/mol. The average Bonchev–Trinajstić information content (AvgIpc) is 2.81. The summed E-state index contributed by atoms with van der Waals surface area (Å²) >= 11 is 0. The lowest BCUT2D eigenvalue weighted by atomic mass is 10.1. The van der Waals surface area contributed by atoms with Gasteiger partial charge in [-0.15, -0.1) is 0 Å². The predicted molar refractivity (Wildman–Crippen MR) is 120 cm³/mol. The number of hydrogen-bond acceptors (Lipinski definition) is 5. The first-order valence-electron chi connectivity index (χ1n) is 9.68. The third kappa shape index (κ3) is 4.40. The summed E-state index contributed by atoms with van der Waals surface area (Å²) in [5.41, 5.74) is 1.88. The summed E-state index contributed by atoms with van der Waals surface area (Å²) in [5, 5.41) is 3.34. The van der Waals surface area contributed by atoms with Gasteiger partial charge in [-0.2, -0.15) is 0 Å². The maximum Gasteiger partial charge on any atom is 0.262 e. The lowest BCUT2D eigenvalue weighted by Crippen LogP contribution is -2.21. The average molecular weight is 415 g/mol. The second-order valence-electron chi connectivity index (χ2n) is 6.91. The van der Waals surface area contributed by atoms with Crippen molar-refractivity contribution in [3.05, 3.63) is 83.2 Å². The van der Waals surface area contributed by atoms with Gasteiger partial charge >= 0.3 is 0 Å². The number of ether oxygens (including phenoxy) is 2. The van der Waals surface area contributed by atoms with Crippen molar-refractivity contribution in [2.45, 2.75) is 0 Å². The Hall–Kier alpha value is -4.13. The fraction of sp³-hybridized carbons (Fsp3) is 0.125. The van der Waals surface area contributed by atoms with Crippen LogP contribution in [0.5, 0.6) is 11.5 Å². The summed E-state index contributed by atoms with van der Waals surface area (Å²) in [6.07, 6.45) is 0. The largest absolute Gasteiger partial charge is 0.497 e. The van der Waals surface area contributed by atoms with E-state index in [9.17, 15) is 9.59 Å². The van der Waals surface area contributed by atoms with E-state index < -0.39 is 0 Å². The zero-order chi connectivity index (χ0) is 21.8. The highest BCUT2D eigenvalue weighted by atomic mass is 16.5. The van der Waals surface area contributed by atoms with E-state index in [1.807, 2.05) is 24.3 Å². The molecule has 1 heterocycles. The number of carbonyl (C=O) groups is 1. The lowest BCUT2D eigenvalue weighted by molar-refractivity contribution is -0.118. The molecule has 0 radical (unpaired) electrons. The molecule has 0 saturated carbocycles. The second-order valence-corrected chi connectivity index (χ2v) is 6.91. The Labute approximate surface area is 178 Å². The minimum absolute atomic E-state index is 0.120. The highest BCUT2D eigenvalue weighted by Crippen LogP contribution is 2.23. The molecule has 0 bridgehead atoms. The van der Waals surface area contributed by atoms with Crippen molar-refractivity contribution in [2.24, 2.45) is 7.05 Å². The van der Waals surface area contributed by atoms with E-state index in [2.05, 4.69) is 10.3 Å². The van der Waals surface area contributed by atoms with E-state index in [-0.39, 0.29) is 18.1 Å². The quantitative estimate of drug-likeness (QED) is 0.520. The molecule has 0 spiro atoms. The highest BCUT2D eigenvalue weighted by Gasteiger charge is 2.11. The van der Waals surface area contributed by atoms with Gasteiger partial charge in [-0.05, 0) is 48.5 Å². The van der Waals surface area contributed by atoms with Gasteiger partial charge in [0.1, 0.15) is 17.3 Å². The molecule has 1 amide bonds. The molecule has 7 nitrogen and oxygen atoms in total. The van der Waals surface area contributed by atoms with Gasteiger partial charge in [-0.3, -0.25) is 14.2 Å². The molecule has 0 aliphatic carbocycles. The molecule has 0 saturated heterocycles. The van der Waals surface area contributed by atoms with Gasteiger partial charge in [0.15, 0.2) is 6.61 Å². The maximum atomic E-state index is 12.7. The van der Waals surface area contributed by atoms with Crippen LogP contribution in [0.1, 0.15) is 0 Å². The first kappa shape index (κ1) is 20.2. The van der Waals surface area contributed by atoms with Gasteiger partial charge in [0.05, 0.1) is 18.0 Å². The number of carbonyl (C=O) groups excluding carboxylic acids is 1. The van der Waals surface area contributed by atoms with E-state index in [1.54, 1.807) is 62.7 Å². The van der Waals surface area contributed by atoms with Gasteiger partial charge in [-0.25, -0.2) is 4.98 Å². The van der Waals surface area contributed by atoms with Gasteiger partial charge in [0, 0.05) is 18.3 Å². The highest BCUT2D eigenvalue weighted by molar-refractivity contribution is 5.92. The van der Waals surface area contributed by atoms with E-state index in [0.717, 1.165) is 5.56 Å². The predicted octanol–water partition coefficient (Wildman–Crippen LogP) is 3.63. The molecule has 3 aromatic carbocycles. The number of rotatable bonds is 6. The fourth-order valence-corrected chi connectivity index (χ4v) is 3.22. The number of nitrogens with one attached hydrogen (secondary N) is 1. The molecule has 1 aromatic heterocycles. The van der Waals surface area contributed by atoms with Gasteiger partial charge < -0.3 is 14.8 Å². The Morgan fingerprint density at radius 3 is 2.55 bits per heavy atom. The zero-order valence-corrected chi connectivity index (χ0v) is 17.2. The normalized spacial score (nSPS) is 10.6. The third-order valence-electron chi connectivity index (χ3n) is 4.82. The molecule has 0 atom stereocenters. The molecule has 7 heteroatoms. The maximum absolute atomic E-state index is 12.7. The van der Waals surface area contributed by atoms with E-state index in [0.29, 0.717) is 33.9 Å². The van der Waals surface area contributed by atoms with Crippen molar-refractivity contribution in [1.29, 1.82) is 0 Å². The molecule has 0 aliphatic rings. The second kappa shape index (κ2) is 8.71. The van der Waals surface area contributed by atoms with Crippen LogP contribution in [-0.2, 0) is 11.8 Å². The van der Waals surface area contributed by atoms with E-state index >= 15 is 0 Å². The Bertz CT molecular complexity index is 1300. The number of para-hydroxylation sites is 1. The summed E-state index contributed by atoms with van der Waals surface area (Å²) in [7, 11) is 3.27. The Balaban J connectivity index is 1.50. The number of fused-ring (bicyclic) bond motifs is 1. The number of anilines is 1. The molecule has 1 N–H and O–H groups in total. The van der Waals surface area contributed by atoms with Crippen molar-refractivity contribution in [1.82, 2.24) is 9.55 Å². The molecule has 4 rings (SSSR count). The number of amides is 1. The van der Waals surface area contributed by atoms with Crippen molar-refractivity contribution >= 4 is 22.5 Å². The molecule has 156 valence electrons. The van der Waals surface area contributed by atoms with Gasteiger partial charge in [0.2, 0.25) is 0 Å². The fourth-order valence-electron chi connectivity index (χ4n) is 3.22. The van der Waals surface area contributed by atoms with Crippen molar-refractivity contribution in [2.75, 3.05) is 19.0 Å². The third-order valence-corrected chi connectivity index (χ3v) is 4.82. The van der Waals surface area contributed by atoms with Crippen LogP contribution in [0.2, 0.25) is 0 Å². The molecule has 0 aliphatic heterocycles. The summed E-state index contributed by atoms with van der Waals surface area (Å²) in [6, 6.07) is 21.4. The zero-order valence-electron chi connectivity index (χ0n) is 17.2. The number of hydrogen-bond donors (Lipinski definition) is 1. The van der Waals surface area contributed by atoms with Crippen LogP contribution in [0.15, 0.2) is 77.6 Å². The van der Waals surface area contributed by atoms with Crippen LogP contribution in [-0.4, -0.2) is 29.2 Å². The summed E-state index contributed by atoms with van der Waals surface area (Å²) in [5.74, 6) is 1.45. The Morgan fingerprint density at radius 2 is 1.77 bits per heavy atom. The van der Waals surface area contributed by atoms with Crippen LogP contribution in [0.25, 0.3) is 22.3 Å². The smallest absolute Gasteiger partial charge is 0.262 e. The van der Waals surface area contributed by atoms with Crippen LogP contribution in [0, 0.1) is 0 Å². The van der Waals surface area contributed by atoms with Crippen LogP contribution < -0.4 is 20.3 Å². The molecule has 0 fully saturated rings. The molecule has 31 heavy (non-hydrogen) atoms. The van der Waals surface area contributed by atoms with E-state index in [4.69, 9.17) is 9.47 Å². The minimum Gasteiger partial charge on any atom is -0.497 e. The summed E-state index contributed by atoms with van der Waals surface area (Å²) < 4.78 is 12.3. The molecule has 4 aromatic rings. The first-order chi connectivity index (χ1) is 15.0. The number of aromatic nitrogens is 2. The minimum atomic E-state index is -0.285. The van der Waals surface area contributed by atoms with Crippen LogP contribution in [0.3, 0.4) is 0 Å². The number of nitrogens with zero attached hydrogens (tertiary/aromatic N) is 2. The van der Waals surface area contributed by atoms with Crippen LogP contribution in [0.4, 0.5) is 5.69 Å². The Kier molecular flexibility index (Phi) is 5.66. The topological polar surface area (TPSA) is 82.5 Å². The number of benzene rings is 3. The monoisotopic (exact) mass is 415 g/mol. The van der Waals surface area contributed by atoms with Gasteiger partial charge in [-0.1, -0.05) is 24.3 Å². The Morgan fingerprint density at radius 1 is 1.00 bits per heavy atom. The van der Waals surface area contributed by atoms with Crippen LogP contribution >= 0.6 is 0 Å². The van der Waals surface area contributed by atoms with Gasteiger partial charge in [0.25, 0.3) is 11.5 Å². The number of methoxy groups -OCH3 is 1. The lowest BCUT2D eigenvalue weighted by Gasteiger charge is -2.11. The summed E-state index contributed by atoms with van der Waals surface area (Å²) in [6.45, 7) is -0.153. The van der Waals surface area contributed by atoms with Crippen molar-refractivity contribution in [3.63, 3.8) is 0 Å².